The summed E-state index contributed by atoms with van der Waals surface area (Å²) < 4.78 is 5.54. The van der Waals surface area contributed by atoms with Crippen molar-refractivity contribution < 1.29 is 19.2 Å². The van der Waals surface area contributed by atoms with Crippen LogP contribution in [0.1, 0.15) is 20.9 Å². The lowest BCUT2D eigenvalue weighted by molar-refractivity contribution is -0.385. The zero-order valence-corrected chi connectivity index (χ0v) is 14.4. The lowest BCUT2D eigenvalue weighted by Gasteiger charge is -2.06. The molecule has 11 heteroatoms. The highest BCUT2D eigenvalue weighted by molar-refractivity contribution is 7.17. The van der Waals surface area contributed by atoms with Gasteiger partial charge in [0.2, 0.25) is 5.91 Å². The fourth-order valence-corrected chi connectivity index (χ4v) is 2.92. The maximum Gasteiger partial charge on any atom is 0.350 e. The van der Waals surface area contributed by atoms with Crippen LogP contribution in [0.15, 0.2) is 17.1 Å². The standard InChI is InChI=1S/C14H14N4O6S/c1-7-4-11(20)17(5-9(7)18(22)23)6-10(19)16-14-15-8(2)12(25-14)13(21)24-3/h4-5H,6H2,1-3H3,(H,15,16,19). The molecule has 10 nitrogen and oxygen atoms in total. The molecule has 25 heavy (non-hydrogen) atoms. The number of amides is 1. The van der Waals surface area contributed by atoms with Crippen molar-refractivity contribution in [3.63, 3.8) is 0 Å². The Kier molecular flexibility index (Phi) is 5.27. The number of carbonyl (C=O) groups excluding carboxylic acids is 2. The number of anilines is 1. The van der Waals surface area contributed by atoms with Crippen LogP contribution in [-0.4, -0.2) is 33.5 Å². The van der Waals surface area contributed by atoms with E-state index in [-0.39, 0.29) is 21.3 Å². The lowest BCUT2D eigenvalue weighted by atomic mass is 10.2. The topological polar surface area (TPSA) is 133 Å². The van der Waals surface area contributed by atoms with E-state index >= 15 is 0 Å². The molecule has 0 unspecified atom stereocenters. The summed E-state index contributed by atoms with van der Waals surface area (Å²) in [7, 11) is 1.23. The fourth-order valence-electron chi connectivity index (χ4n) is 2.02. The molecule has 2 heterocycles. The molecule has 2 aromatic heterocycles. The number of aromatic nitrogens is 2. The van der Waals surface area contributed by atoms with E-state index in [9.17, 15) is 24.5 Å². The van der Waals surface area contributed by atoms with Crippen LogP contribution in [-0.2, 0) is 16.1 Å². The van der Waals surface area contributed by atoms with Crippen LogP contribution in [0.3, 0.4) is 0 Å². The Balaban J connectivity index is 2.18. The average Bonchev–Trinajstić information content (AvgIpc) is 2.89. The van der Waals surface area contributed by atoms with Crippen molar-refractivity contribution in [2.24, 2.45) is 0 Å². The van der Waals surface area contributed by atoms with E-state index in [4.69, 9.17) is 0 Å². The summed E-state index contributed by atoms with van der Waals surface area (Å²) in [5.41, 5.74) is -0.186. The maximum absolute atomic E-state index is 12.1. The van der Waals surface area contributed by atoms with Crippen LogP contribution in [0.2, 0.25) is 0 Å². The number of pyridine rings is 1. The lowest BCUT2D eigenvalue weighted by Crippen LogP contribution is -2.27. The third kappa shape index (κ3) is 4.07. The highest BCUT2D eigenvalue weighted by Crippen LogP contribution is 2.23. The van der Waals surface area contributed by atoms with E-state index in [1.807, 2.05) is 0 Å². The van der Waals surface area contributed by atoms with Gasteiger partial charge in [-0.3, -0.25) is 24.3 Å². The number of methoxy groups -OCH3 is 1. The first-order chi connectivity index (χ1) is 11.7. The van der Waals surface area contributed by atoms with Crippen molar-refractivity contribution >= 4 is 34.0 Å². The van der Waals surface area contributed by atoms with Gasteiger partial charge < -0.3 is 10.1 Å². The van der Waals surface area contributed by atoms with Gasteiger partial charge >= 0.3 is 5.97 Å². The Morgan fingerprint density at radius 2 is 2.12 bits per heavy atom. The molecule has 0 spiro atoms. The van der Waals surface area contributed by atoms with Crippen molar-refractivity contribution in [2.75, 3.05) is 12.4 Å². The van der Waals surface area contributed by atoms with E-state index in [0.717, 1.165) is 28.2 Å². The Labute approximate surface area is 145 Å². The largest absolute Gasteiger partial charge is 0.465 e. The number of esters is 1. The Morgan fingerprint density at radius 3 is 2.72 bits per heavy atom. The number of nitrogens with one attached hydrogen (secondary N) is 1. The van der Waals surface area contributed by atoms with Gasteiger partial charge in [0.05, 0.1) is 23.9 Å². The number of thiazole rings is 1. The summed E-state index contributed by atoms with van der Waals surface area (Å²) in [5, 5.41) is 13.5. The second kappa shape index (κ2) is 7.21. The number of aryl methyl sites for hydroxylation is 2. The van der Waals surface area contributed by atoms with Crippen molar-refractivity contribution in [2.45, 2.75) is 20.4 Å². The molecule has 0 saturated heterocycles. The molecular weight excluding hydrogens is 352 g/mol. The van der Waals surface area contributed by atoms with Gasteiger partial charge in [-0.2, -0.15) is 0 Å². The van der Waals surface area contributed by atoms with E-state index in [0.29, 0.717) is 5.69 Å². The van der Waals surface area contributed by atoms with Gasteiger partial charge in [-0.1, -0.05) is 11.3 Å². The summed E-state index contributed by atoms with van der Waals surface area (Å²) in [6.45, 7) is 2.61. The number of nitro groups is 1. The van der Waals surface area contributed by atoms with E-state index in [1.54, 1.807) is 6.92 Å². The van der Waals surface area contributed by atoms with Crippen LogP contribution >= 0.6 is 11.3 Å². The van der Waals surface area contributed by atoms with Crippen LogP contribution < -0.4 is 10.9 Å². The summed E-state index contributed by atoms with van der Waals surface area (Å²) in [4.78, 5) is 50.1. The number of rotatable bonds is 5. The average molecular weight is 366 g/mol. The minimum Gasteiger partial charge on any atom is -0.465 e. The first-order valence-corrected chi connectivity index (χ1v) is 7.75. The van der Waals surface area contributed by atoms with Crippen molar-refractivity contribution in [1.29, 1.82) is 0 Å². The predicted octanol–water partition coefficient (Wildman–Crippen LogP) is 1.26. The zero-order valence-electron chi connectivity index (χ0n) is 13.6. The molecule has 0 aliphatic rings. The molecule has 0 atom stereocenters. The van der Waals surface area contributed by atoms with Gasteiger partial charge in [-0.25, -0.2) is 9.78 Å². The number of nitrogens with zero attached hydrogens (tertiary/aromatic N) is 3. The highest BCUT2D eigenvalue weighted by Gasteiger charge is 2.18. The monoisotopic (exact) mass is 366 g/mol. The molecule has 0 saturated carbocycles. The Morgan fingerprint density at radius 1 is 1.44 bits per heavy atom. The van der Waals surface area contributed by atoms with Crippen molar-refractivity contribution in [3.05, 3.63) is 48.9 Å². The molecule has 1 N–H and O–H groups in total. The number of carbonyl (C=O) groups is 2. The van der Waals surface area contributed by atoms with Gasteiger partial charge in [0, 0.05) is 11.6 Å². The summed E-state index contributed by atoms with van der Waals surface area (Å²) in [6, 6.07) is 1.09. The quantitative estimate of drug-likeness (QED) is 0.478. The van der Waals surface area contributed by atoms with Crippen LogP contribution in [0.25, 0.3) is 0 Å². The minimum atomic E-state index is -0.629. The molecule has 0 aliphatic heterocycles. The summed E-state index contributed by atoms with van der Waals surface area (Å²) in [6.07, 6.45) is 1.02. The normalized spacial score (nSPS) is 10.4. The molecule has 0 radical (unpaired) electrons. The first-order valence-electron chi connectivity index (χ1n) is 6.94. The molecule has 0 fully saturated rings. The summed E-state index contributed by atoms with van der Waals surface area (Å²) >= 11 is 0.933. The number of hydrogen-bond acceptors (Lipinski definition) is 8. The Bertz CT molecular complexity index is 917. The van der Waals surface area contributed by atoms with Gasteiger partial charge in [0.25, 0.3) is 11.2 Å². The third-order valence-corrected chi connectivity index (χ3v) is 4.28. The second-order valence-electron chi connectivity index (χ2n) is 5.04. The SMILES string of the molecule is COC(=O)c1sc(NC(=O)Cn2cc([N+](=O)[O-])c(C)cc2=O)nc1C. The molecule has 0 bridgehead atoms. The number of ether oxygens (including phenoxy) is 1. The molecule has 0 aliphatic carbocycles. The van der Waals surface area contributed by atoms with Crippen LogP contribution in [0, 0.1) is 24.0 Å². The van der Waals surface area contributed by atoms with E-state index in [1.165, 1.54) is 14.0 Å². The smallest absolute Gasteiger partial charge is 0.350 e. The third-order valence-electron chi connectivity index (χ3n) is 3.23. The molecule has 0 aromatic carbocycles. The number of hydrogen-bond donors (Lipinski definition) is 1. The van der Waals surface area contributed by atoms with Crippen molar-refractivity contribution in [3.8, 4) is 0 Å². The fraction of sp³-hybridized carbons (Fsp3) is 0.286. The molecule has 2 aromatic rings. The van der Waals surface area contributed by atoms with Crippen LogP contribution in [0.4, 0.5) is 10.8 Å². The molecule has 1 amide bonds. The van der Waals surface area contributed by atoms with Gasteiger partial charge in [-0.05, 0) is 13.8 Å². The van der Waals surface area contributed by atoms with Crippen molar-refractivity contribution in [1.82, 2.24) is 9.55 Å². The summed E-state index contributed by atoms with van der Waals surface area (Å²) in [5.74, 6) is -1.17. The second-order valence-corrected chi connectivity index (χ2v) is 6.04. The molecular formula is C14H14N4O6S. The van der Waals surface area contributed by atoms with Crippen LogP contribution in [0.5, 0.6) is 0 Å². The Hall–Kier alpha value is -3.08. The molecule has 2 rings (SSSR count). The maximum atomic E-state index is 12.1. The van der Waals surface area contributed by atoms with Gasteiger partial charge in [0.15, 0.2) is 5.13 Å². The van der Waals surface area contributed by atoms with Gasteiger partial charge in [0.1, 0.15) is 11.4 Å². The van der Waals surface area contributed by atoms with E-state index in [2.05, 4.69) is 15.0 Å². The molecule has 132 valence electrons. The highest BCUT2D eigenvalue weighted by atomic mass is 32.1. The zero-order chi connectivity index (χ0) is 18.7. The van der Waals surface area contributed by atoms with Gasteiger partial charge in [-0.15, -0.1) is 0 Å². The minimum absolute atomic E-state index is 0.164. The first kappa shape index (κ1) is 18.3. The van der Waals surface area contributed by atoms with E-state index < -0.39 is 28.9 Å². The predicted molar refractivity (Wildman–Crippen MR) is 88.9 cm³/mol.